The Labute approximate surface area is 108 Å². The van der Waals surface area contributed by atoms with Crippen molar-refractivity contribution in [2.24, 2.45) is 0 Å². The average molecular weight is 257 g/mol. The number of hydrogen-bond donors (Lipinski definition) is 0. The van der Waals surface area contributed by atoms with Gasteiger partial charge in [-0.1, -0.05) is 0 Å². The molecule has 0 saturated carbocycles. The van der Waals surface area contributed by atoms with Crippen LogP contribution in [0.1, 0.15) is 16.1 Å². The van der Waals surface area contributed by atoms with E-state index >= 15 is 0 Å². The van der Waals surface area contributed by atoms with E-state index in [-0.39, 0.29) is 0 Å². The summed E-state index contributed by atoms with van der Waals surface area (Å²) in [5, 5.41) is 8.09. The van der Waals surface area contributed by atoms with Crippen LogP contribution in [0.25, 0.3) is 17.2 Å². The van der Waals surface area contributed by atoms with Gasteiger partial charge in [0, 0.05) is 6.20 Å². The van der Waals surface area contributed by atoms with Gasteiger partial charge in [0.1, 0.15) is 11.3 Å². The molecule has 3 rings (SSSR count). The van der Waals surface area contributed by atoms with Crippen molar-refractivity contribution in [2.75, 3.05) is 7.11 Å². The number of hydrogen-bond acceptors (Lipinski definition) is 5. The number of carbonyl (C=O) groups excluding carboxylic acids is 1. The minimum absolute atomic E-state index is 0.368. The second-order valence-corrected chi connectivity index (χ2v) is 4.04. The first-order chi connectivity index (χ1) is 9.20. The largest absolute Gasteiger partial charge is 0.465 e. The molecule has 19 heavy (non-hydrogen) atoms. The number of aryl methyl sites for hydroxylation is 1. The number of fused-ring (bicyclic) bond motifs is 1. The van der Waals surface area contributed by atoms with Crippen molar-refractivity contribution >= 4 is 11.6 Å². The van der Waals surface area contributed by atoms with Gasteiger partial charge in [-0.25, -0.2) is 4.79 Å². The van der Waals surface area contributed by atoms with Gasteiger partial charge >= 0.3 is 5.97 Å². The molecule has 0 fully saturated rings. The summed E-state index contributed by atoms with van der Waals surface area (Å²) in [6.45, 7) is 1.85. The van der Waals surface area contributed by atoms with E-state index in [4.69, 9.17) is 9.15 Å². The molecule has 0 spiro atoms. The molecule has 0 atom stereocenters. The van der Waals surface area contributed by atoms with Crippen molar-refractivity contribution in [1.29, 1.82) is 0 Å². The van der Waals surface area contributed by atoms with E-state index in [1.807, 2.05) is 19.1 Å². The third kappa shape index (κ3) is 1.77. The molecule has 0 aliphatic rings. The van der Waals surface area contributed by atoms with Crippen LogP contribution in [0.4, 0.5) is 0 Å². The summed E-state index contributed by atoms with van der Waals surface area (Å²) >= 11 is 0. The van der Waals surface area contributed by atoms with Crippen LogP contribution in [-0.4, -0.2) is 27.7 Å². The molecule has 3 heterocycles. The molecule has 6 nitrogen and oxygen atoms in total. The van der Waals surface area contributed by atoms with Crippen LogP contribution in [0.5, 0.6) is 0 Å². The molecule has 0 aliphatic carbocycles. The molecule has 6 heteroatoms. The lowest BCUT2D eigenvalue weighted by molar-refractivity contribution is 0.0602. The third-order valence-corrected chi connectivity index (χ3v) is 2.80. The first-order valence-electron chi connectivity index (χ1n) is 5.69. The van der Waals surface area contributed by atoms with Crippen molar-refractivity contribution in [3.8, 4) is 11.6 Å². The van der Waals surface area contributed by atoms with Gasteiger partial charge in [0.05, 0.1) is 7.11 Å². The summed E-state index contributed by atoms with van der Waals surface area (Å²) < 4.78 is 11.9. The highest BCUT2D eigenvalue weighted by molar-refractivity contribution is 5.95. The zero-order chi connectivity index (χ0) is 13.4. The lowest BCUT2D eigenvalue weighted by Crippen LogP contribution is -2.04. The fraction of sp³-hybridized carbons (Fsp3) is 0.154. The van der Waals surface area contributed by atoms with Gasteiger partial charge < -0.3 is 9.15 Å². The Bertz CT molecular complexity index is 757. The van der Waals surface area contributed by atoms with Crippen LogP contribution in [0.2, 0.25) is 0 Å². The molecule has 0 aliphatic heterocycles. The summed E-state index contributed by atoms with van der Waals surface area (Å²) in [5.74, 6) is 1.50. The standard InChI is InChI=1S/C13H11N3O3/c1-8-5-6-10(19-8)12-15-14-11-9(13(17)18-2)4-3-7-16(11)12/h3-7H,1-2H3. The lowest BCUT2D eigenvalue weighted by Gasteiger charge is -2.01. The molecule has 0 N–H and O–H groups in total. The van der Waals surface area contributed by atoms with Crippen LogP contribution in [-0.2, 0) is 4.74 Å². The molecule has 0 radical (unpaired) electrons. The summed E-state index contributed by atoms with van der Waals surface area (Å²) in [5.41, 5.74) is 0.811. The molecule has 3 aromatic heterocycles. The Kier molecular flexibility index (Phi) is 2.56. The molecular weight excluding hydrogens is 246 g/mol. The van der Waals surface area contributed by atoms with Gasteiger partial charge in [-0.05, 0) is 31.2 Å². The Balaban J connectivity index is 2.22. The number of ether oxygens (including phenoxy) is 1. The second kappa shape index (κ2) is 4.24. The maximum absolute atomic E-state index is 11.7. The van der Waals surface area contributed by atoms with Crippen LogP contribution in [0, 0.1) is 6.92 Å². The molecule has 0 unspecified atom stereocenters. The molecular formula is C13H11N3O3. The summed E-state index contributed by atoms with van der Waals surface area (Å²) in [6.07, 6.45) is 1.77. The molecule has 0 aromatic carbocycles. The predicted octanol–water partition coefficient (Wildman–Crippen LogP) is 2.08. The van der Waals surface area contributed by atoms with E-state index in [9.17, 15) is 4.79 Å². The zero-order valence-corrected chi connectivity index (χ0v) is 10.5. The van der Waals surface area contributed by atoms with Gasteiger partial charge in [0.15, 0.2) is 11.4 Å². The van der Waals surface area contributed by atoms with Gasteiger partial charge in [-0.2, -0.15) is 0 Å². The Morgan fingerprint density at radius 3 is 2.84 bits per heavy atom. The SMILES string of the molecule is COC(=O)c1cccn2c(-c3ccc(C)o3)nnc12. The van der Waals surface area contributed by atoms with E-state index in [0.29, 0.717) is 22.8 Å². The smallest absolute Gasteiger partial charge is 0.341 e. The molecule has 3 aromatic rings. The van der Waals surface area contributed by atoms with Crippen molar-refractivity contribution in [1.82, 2.24) is 14.6 Å². The number of nitrogens with zero attached hydrogens (tertiary/aromatic N) is 3. The monoisotopic (exact) mass is 257 g/mol. The Morgan fingerprint density at radius 2 is 2.16 bits per heavy atom. The Morgan fingerprint density at radius 1 is 1.32 bits per heavy atom. The normalized spacial score (nSPS) is 10.8. The zero-order valence-electron chi connectivity index (χ0n) is 10.5. The number of rotatable bonds is 2. The molecule has 96 valence electrons. The fourth-order valence-corrected chi connectivity index (χ4v) is 1.91. The van der Waals surface area contributed by atoms with Gasteiger partial charge in [0.2, 0.25) is 5.82 Å². The van der Waals surface area contributed by atoms with Crippen molar-refractivity contribution < 1.29 is 13.9 Å². The molecule has 0 saturated heterocycles. The highest BCUT2D eigenvalue weighted by Crippen LogP contribution is 2.22. The van der Waals surface area contributed by atoms with Crippen molar-refractivity contribution in [3.05, 3.63) is 41.8 Å². The number of carbonyl (C=O) groups is 1. The number of methoxy groups -OCH3 is 1. The second-order valence-electron chi connectivity index (χ2n) is 4.04. The Hall–Kier alpha value is -2.63. The van der Waals surface area contributed by atoms with Crippen LogP contribution < -0.4 is 0 Å². The van der Waals surface area contributed by atoms with Gasteiger partial charge in [-0.15, -0.1) is 10.2 Å². The maximum Gasteiger partial charge on any atom is 0.341 e. The number of esters is 1. The van der Waals surface area contributed by atoms with E-state index in [1.165, 1.54) is 7.11 Å². The number of furan rings is 1. The van der Waals surface area contributed by atoms with E-state index in [0.717, 1.165) is 5.76 Å². The van der Waals surface area contributed by atoms with Gasteiger partial charge in [-0.3, -0.25) is 4.40 Å². The van der Waals surface area contributed by atoms with E-state index in [2.05, 4.69) is 10.2 Å². The highest BCUT2D eigenvalue weighted by atomic mass is 16.5. The lowest BCUT2D eigenvalue weighted by atomic mass is 10.2. The minimum Gasteiger partial charge on any atom is -0.465 e. The van der Waals surface area contributed by atoms with E-state index < -0.39 is 5.97 Å². The summed E-state index contributed by atoms with van der Waals surface area (Å²) in [4.78, 5) is 11.7. The average Bonchev–Trinajstić information content (AvgIpc) is 3.03. The van der Waals surface area contributed by atoms with Crippen molar-refractivity contribution in [2.45, 2.75) is 6.92 Å². The van der Waals surface area contributed by atoms with Gasteiger partial charge in [0.25, 0.3) is 0 Å². The fourth-order valence-electron chi connectivity index (χ4n) is 1.91. The molecule has 0 bridgehead atoms. The molecule has 0 amide bonds. The summed E-state index contributed by atoms with van der Waals surface area (Å²) in [6, 6.07) is 7.05. The quantitative estimate of drug-likeness (QED) is 0.657. The first kappa shape index (κ1) is 11.5. The topological polar surface area (TPSA) is 69.6 Å². The number of aromatic nitrogens is 3. The van der Waals surface area contributed by atoms with Crippen LogP contribution in [0.15, 0.2) is 34.9 Å². The van der Waals surface area contributed by atoms with Crippen LogP contribution in [0.3, 0.4) is 0 Å². The first-order valence-corrected chi connectivity index (χ1v) is 5.69. The maximum atomic E-state index is 11.7. The van der Waals surface area contributed by atoms with E-state index in [1.54, 1.807) is 22.7 Å². The minimum atomic E-state index is -0.444. The van der Waals surface area contributed by atoms with Crippen molar-refractivity contribution in [3.63, 3.8) is 0 Å². The number of pyridine rings is 1. The predicted molar refractivity (Wildman–Crippen MR) is 66.8 cm³/mol. The third-order valence-electron chi connectivity index (χ3n) is 2.80. The van der Waals surface area contributed by atoms with Crippen LogP contribution >= 0.6 is 0 Å². The summed E-state index contributed by atoms with van der Waals surface area (Å²) in [7, 11) is 1.33. The highest BCUT2D eigenvalue weighted by Gasteiger charge is 2.17.